The Morgan fingerprint density at radius 2 is 1.76 bits per heavy atom. The molecule has 1 aromatic rings. The quantitative estimate of drug-likeness (QED) is 0.851. The lowest BCUT2D eigenvalue weighted by Crippen LogP contribution is -2.21. The van der Waals surface area contributed by atoms with Crippen molar-refractivity contribution in [1.29, 1.82) is 0 Å². The van der Waals surface area contributed by atoms with Gasteiger partial charge in [0.1, 0.15) is 5.82 Å². The summed E-state index contributed by atoms with van der Waals surface area (Å²) in [5.74, 6) is -1.16. The third kappa shape index (κ3) is 5.98. The van der Waals surface area contributed by atoms with Crippen LogP contribution in [0.5, 0.6) is 0 Å². The second-order valence-electron chi connectivity index (χ2n) is 5.92. The SMILES string of the molecule is CC(C)(C)CCS(=O)(=O)Nc1ccc(S(N)(=O)=O)cc1F. The van der Waals surface area contributed by atoms with E-state index in [2.05, 4.69) is 4.72 Å². The molecule has 0 unspecified atom stereocenters. The van der Waals surface area contributed by atoms with Gasteiger partial charge in [-0.15, -0.1) is 0 Å². The highest BCUT2D eigenvalue weighted by Gasteiger charge is 2.19. The minimum atomic E-state index is -4.03. The maximum atomic E-state index is 13.7. The van der Waals surface area contributed by atoms with Gasteiger partial charge in [-0.2, -0.15) is 0 Å². The average molecular weight is 338 g/mol. The molecule has 6 nitrogen and oxygen atoms in total. The van der Waals surface area contributed by atoms with Crippen LogP contribution in [-0.2, 0) is 20.0 Å². The zero-order valence-electron chi connectivity index (χ0n) is 12.1. The van der Waals surface area contributed by atoms with Crippen LogP contribution in [0.2, 0.25) is 0 Å². The molecule has 0 saturated carbocycles. The molecular formula is C12H19FN2O4S2. The van der Waals surface area contributed by atoms with E-state index in [1.165, 1.54) is 0 Å². The van der Waals surface area contributed by atoms with E-state index in [9.17, 15) is 21.2 Å². The van der Waals surface area contributed by atoms with Crippen LogP contribution in [0.4, 0.5) is 10.1 Å². The molecule has 0 aliphatic rings. The predicted molar refractivity (Wildman–Crippen MR) is 79.3 cm³/mol. The summed E-state index contributed by atoms with van der Waals surface area (Å²) in [5.41, 5.74) is -0.485. The smallest absolute Gasteiger partial charge is 0.238 e. The lowest BCUT2D eigenvalue weighted by Gasteiger charge is -2.18. The molecule has 0 saturated heterocycles. The average Bonchev–Trinajstić information content (AvgIpc) is 2.27. The molecule has 0 atom stereocenters. The lowest BCUT2D eigenvalue weighted by atomic mass is 9.94. The largest absolute Gasteiger partial charge is 0.281 e. The van der Waals surface area contributed by atoms with Gasteiger partial charge in [-0.05, 0) is 30.0 Å². The first-order valence-corrected chi connectivity index (χ1v) is 9.33. The van der Waals surface area contributed by atoms with Gasteiger partial charge in [-0.1, -0.05) is 20.8 Å². The van der Waals surface area contributed by atoms with Crippen molar-refractivity contribution in [2.75, 3.05) is 10.5 Å². The summed E-state index contributed by atoms with van der Waals surface area (Å²) in [6.07, 6.45) is 0.402. The zero-order valence-corrected chi connectivity index (χ0v) is 13.7. The van der Waals surface area contributed by atoms with Crippen LogP contribution in [0.15, 0.2) is 23.1 Å². The van der Waals surface area contributed by atoms with Crippen molar-refractivity contribution < 1.29 is 21.2 Å². The molecule has 120 valence electrons. The molecule has 0 aliphatic heterocycles. The minimum absolute atomic E-state index is 0.160. The predicted octanol–water partition coefficient (Wildman–Crippen LogP) is 1.65. The molecule has 0 bridgehead atoms. The summed E-state index contributed by atoms with van der Waals surface area (Å²) in [5, 5.41) is 4.87. The Balaban J connectivity index is 2.94. The lowest BCUT2D eigenvalue weighted by molar-refractivity contribution is 0.397. The van der Waals surface area contributed by atoms with Crippen molar-refractivity contribution >= 4 is 25.7 Å². The van der Waals surface area contributed by atoms with Gasteiger partial charge < -0.3 is 0 Å². The molecule has 1 aromatic carbocycles. The molecule has 1 rings (SSSR count). The first-order chi connectivity index (χ1) is 9.30. The van der Waals surface area contributed by atoms with Gasteiger partial charge in [0.15, 0.2) is 0 Å². The van der Waals surface area contributed by atoms with E-state index in [1.54, 1.807) is 0 Å². The van der Waals surface area contributed by atoms with Gasteiger partial charge in [-0.3, -0.25) is 4.72 Å². The number of halogens is 1. The highest BCUT2D eigenvalue weighted by Crippen LogP contribution is 2.22. The zero-order chi connectivity index (χ0) is 16.5. The second-order valence-corrected chi connectivity index (χ2v) is 9.32. The molecule has 9 heteroatoms. The van der Waals surface area contributed by atoms with E-state index >= 15 is 0 Å². The summed E-state index contributed by atoms with van der Waals surface area (Å²) < 4.78 is 61.7. The minimum Gasteiger partial charge on any atom is -0.281 e. The Bertz CT molecular complexity index is 722. The van der Waals surface area contributed by atoms with Crippen LogP contribution >= 0.6 is 0 Å². The standard InChI is InChI=1S/C12H19FN2O4S2/c1-12(2,3)6-7-20(16,17)15-11-5-4-9(8-10(11)13)21(14,18)19/h4-5,8,15H,6-7H2,1-3H3,(H2,14,18,19). The van der Waals surface area contributed by atoms with E-state index in [0.29, 0.717) is 12.5 Å². The van der Waals surface area contributed by atoms with Gasteiger partial charge in [0.25, 0.3) is 0 Å². The van der Waals surface area contributed by atoms with Gasteiger partial charge >= 0.3 is 0 Å². The number of rotatable bonds is 5. The van der Waals surface area contributed by atoms with E-state index in [1.807, 2.05) is 20.8 Å². The number of hydrogen-bond donors (Lipinski definition) is 2. The molecule has 0 amide bonds. The molecule has 0 radical (unpaired) electrons. The van der Waals surface area contributed by atoms with Crippen molar-refractivity contribution in [1.82, 2.24) is 0 Å². The molecule has 0 aliphatic carbocycles. The van der Waals surface area contributed by atoms with Crippen LogP contribution in [-0.4, -0.2) is 22.6 Å². The van der Waals surface area contributed by atoms with E-state index in [0.717, 1.165) is 12.1 Å². The third-order valence-corrected chi connectivity index (χ3v) is 4.84. The fourth-order valence-electron chi connectivity index (χ4n) is 1.41. The summed E-state index contributed by atoms with van der Waals surface area (Å²) >= 11 is 0. The number of primary sulfonamides is 1. The second kappa shape index (κ2) is 5.90. The summed E-state index contributed by atoms with van der Waals surface area (Å²) in [6, 6.07) is 2.75. The van der Waals surface area contributed by atoms with Gasteiger partial charge in [0.05, 0.1) is 16.3 Å². The van der Waals surface area contributed by atoms with Crippen LogP contribution in [0.1, 0.15) is 27.2 Å². The molecule has 21 heavy (non-hydrogen) atoms. The number of benzene rings is 1. The van der Waals surface area contributed by atoms with Crippen molar-refractivity contribution in [3.8, 4) is 0 Å². The number of hydrogen-bond acceptors (Lipinski definition) is 4. The van der Waals surface area contributed by atoms with Crippen molar-refractivity contribution in [2.24, 2.45) is 10.6 Å². The molecule has 3 N–H and O–H groups in total. The van der Waals surface area contributed by atoms with E-state index in [-0.39, 0.29) is 16.9 Å². The Morgan fingerprint density at radius 1 is 1.19 bits per heavy atom. The molecule has 0 fully saturated rings. The normalized spacial score (nSPS) is 13.2. The summed E-state index contributed by atoms with van der Waals surface area (Å²) in [7, 11) is -7.74. The van der Waals surface area contributed by atoms with Crippen LogP contribution in [0.25, 0.3) is 0 Å². The maximum absolute atomic E-state index is 13.7. The highest BCUT2D eigenvalue weighted by atomic mass is 32.2. The highest BCUT2D eigenvalue weighted by molar-refractivity contribution is 7.92. The Kier molecular flexibility index (Phi) is 5.01. The van der Waals surface area contributed by atoms with E-state index < -0.39 is 30.8 Å². The Hall–Kier alpha value is -1.19. The van der Waals surface area contributed by atoms with Crippen molar-refractivity contribution in [3.63, 3.8) is 0 Å². The number of sulfonamides is 2. The maximum Gasteiger partial charge on any atom is 0.238 e. The van der Waals surface area contributed by atoms with Crippen LogP contribution < -0.4 is 9.86 Å². The molecule has 0 spiro atoms. The summed E-state index contributed by atoms with van der Waals surface area (Å²) in [4.78, 5) is -0.419. The Morgan fingerprint density at radius 3 is 2.19 bits per heavy atom. The first-order valence-electron chi connectivity index (χ1n) is 6.13. The van der Waals surface area contributed by atoms with E-state index in [4.69, 9.17) is 5.14 Å². The first kappa shape index (κ1) is 17.9. The van der Waals surface area contributed by atoms with Crippen LogP contribution in [0.3, 0.4) is 0 Å². The molecule has 0 heterocycles. The van der Waals surface area contributed by atoms with Gasteiger partial charge in [-0.25, -0.2) is 26.4 Å². The topological polar surface area (TPSA) is 106 Å². The fraction of sp³-hybridized carbons (Fsp3) is 0.500. The van der Waals surface area contributed by atoms with Crippen molar-refractivity contribution in [3.05, 3.63) is 24.0 Å². The molecular weight excluding hydrogens is 319 g/mol. The number of nitrogens with two attached hydrogens (primary N) is 1. The number of nitrogens with one attached hydrogen (secondary N) is 1. The number of anilines is 1. The third-order valence-electron chi connectivity index (χ3n) is 2.66. The van der Waals surface area contributed by atoms with Gasteiger partial charge in [0, 0.05) is 0 Å². The Labute approximate surface area is 124 Å². The van der Waals surface area contributed by atoms with Crippen LogP contribution in [0, 0.1) is 11.2 Å². The van der Waals surface area contributed by atoms with Crippen molar-refractivity contribution in [2.45, 2.75) is 32.1 Å². The monoisotopic (exact) mass is 338 g/mol. The summed E-state index contributed by atoms with van der Waals surface area (Å²) in [6.45, 7) is 5.68. The fourth-order valence-corrected chi connectivity index (χ4v) is 3.42. The molecule has 0 aromatic heterocycles. The van der Waals surface area contributed by atoms with Gasteiger partial charge in [0.2, 0.25) is 20.0 Å².